The molecule has 1 aromatic rings. The summed E-state index contributed by atoms with van der Waals surface area (Å²) in [4.78, 5) is 2.44. The molecule has 1 saturated heterocycles. The number of hydrogen-bond donors (Lipinski definition) is 1. The Balaban J connectivity index is 2.13. The van der Waals surface area contributed by atoms with E-state index in [1.165, 1.54) is 17.7 Å². The molecule has 1 fully saturated rings. The second-order valence-electron chi connectivity index (χ2n) is 6.51. The van der Waals surface area contributed by atoms with Gasteiger partial charge in [-0.2, -0.15) is 0 Å². The van der Waals surface area contributed by atoms with Crippen LogP contribution in [0.4, 0.5) is 5.69 Å². The van der Waals surface area contributed by atoms with Gasteiger partial charge in [-0.15, -0.1) is 0 Å². The first-order chi connectivity index (χ1) is 9.49. The molecule has 0 amide bonds. The number of rotatable bonds is 4. The van der Waals surface area contributed by atoms with Crippen LogP contribution >= 0.6 is 11.6 Å². The van der Waals surface area contributed by atoms with Gasteiger partial charge < -0.3 is 10.6 Å². The van der Waals surface area contributed by atoms with Gasteiger partial charge in [-0.25, -0.2) is 0 Å². The Hall–Kier alpha value is -0.730. The van der Waals surface area contributed by atoms with Crippen LogP contribution in [0.2, 0.25) is 5.02 Å². The molecule has 3 atom stereocenters. The third-order valence-corrected chi connectivity index (χ3v) is 4.55. The van der Waals surface area contributed by atoms with Crippen molar-refractivity contribution in [2.45, 2.75) is 46.1 Å². The second kappa shape index (κ2) is 6.82. The Morgan fingerprint density at radius 3 is 2.50 bits per heavy atom. The van der Waals surface area contributed by atoms with Gasteiger partial charge in [0.2, 0.25) is 0 Å². The number of hydrogen-bond acceptors (Lipinski definition) is 2. The lowest BCUT2D eigenvalue weighted by molar-refractivity contribution is 0.357. The molecule has 3 heteroatoms. The third kappa shape index (κ3) is 3.89. The molecule has 3 unspecified atom stereocenters. The largest absolute Gasteiger partial charge is 0.370 e. The first-order valence-corrected chi connectivity index (χ1v) is 8.16. The van der Waals surface area contributed by atoms with Crippen molar-refractivity contribution in [1.29, 1.82) is 0 Å². The molecule has 0 aromatic heterocycles. The van der Waals surface area contributed by atoms with E-state index in [0.717, 1.165) is 42.8 Å². The van der Waals surface area contributed by atoms with Crippen molar-refractivity contribution in [2.24, 2.45) is 17.6 Å². The zero-order chi connectivity index (χ0) is 14.7. The Labute approximate surface area is 128 Å². The molecule has 1 aliphatic heterocycles. The number of nitrogens with zero attached hydrogens (tertiary/aromatic N) is 1. The smallest absolute Gasteiger partial charge is 0.0642 e. The molecule has 1 heterocycles. The Morgan fingerprint density at radius 2 is 1.95 bits per heavy atom. The monoisotopic (exact) mass is 294 g/mol. The van der Waals surface area contributed by atoms with E-state index in [1.807, 2.05) is 0 Å². The first-order valence-electron chi connectivity index (χ1n) is 7.78. The number of piperidine rings is 1. The van der Waals surface area contributed by atoms with E-state index in [-0.39, 0.29) is 6.04 Å². The molecule has 112 valence electrons. The molecule has 2 rings (SSSR count). The van der Waals surface area contributed by atoms with E-state index < -0.39 is 0 Å². The zero-order valence-electron chi connectivity index (χ0n) is 12.9. The Morgan fingerprint density at radius 1 is 1.30 bits per heavy atom. The summed E-state index contributed by atoms with van der Waals surface area (Å²) in [5, 5.41) is 0.868. The van der Waals surface area contributed by atoms with Crippen molar-refractivity contribution in [3.63, 3.8) is 0 Å². The summed E-state index contributed by atoms with van der Waals surface area (Å²) in [5.41, 5.74) is 8.44. The van der Waals surface area contributed by atoms with E-state index in [0.29, 0.717) is 0 Å². The van der Waals surface area contributed by atoms with Gasteiger partial charge in [-0.05, 0) is 48.8 Å². The normalized spacial score (nSPS) is 24.8. The van der Waals surface area contributed by atoms with Gasteiger partial charge in [0.1, 0.15) is 0 Å². The Bertz CT molecular complexity index is 437. The first kappa shape index (κ1) is 15.7. The summed E-state index contributed by atoms with van der Waals surface area (Å²) in [5.74, 6) is 1.48. The van der Waals surface area contributed by atoms with Crippen molar-refractivity contribution >= 4 is 17.3 Å². The van der Waals surface area contributed by atoms with Crippen LogP contribution in [0, 0.1) is 11.8 Å². The molecule has 1 aliphatic rings. The number of anilines is 1. The lowest BCUT2D eigenvalue weighted by atomic mass is 9.91. The lowest BCUT2D eigenvalue weighted by Crippen LogP contribution is -2.38. The molecule has 0 spiro atoms. The SMILES string of the molecule is CCC(N)Cc1ccc(N2CC(C)CC(C)C2)c(Cl)c1. The molecular formula is C17H27ClN2. The van der Waals surface area contributed by atoms with Gasteiger partial charge in [-0.1, -0.05) is 38.4 Å². The molecule has 2 N–H and O–H groups in total. The van der Waals surface area contributed by atoms with Crippen molar-refractivity contribution in [2.75, 3.05) is 18.0 Å². The summed E-state index contributed by atoms with van der Waals surface area (Å²) < 4.78 is 0. The highest BCUT2D eigenvalue weighted by atomic mass is 35.5. The minimum absolute atomic E-state index is 0.229. The van der Waals surface area contributed by atoms with Gasteiger partial charge in [-0.3, -0.25) is 0 Å². The molecule has 2 nitrogen and oxygen atoms in total. The summed E-state index contributed by atoms with van der Waals surface area (Å²) >= 11 is 6.50. The van der Waals surface area contributed by atoms with Crippen LogP contribution in [0.15, 0.2) is 18.2 Å². The van der Waals surface area contributed by atoms with Crippen LogP contribution in [0.25, 0.3) is 0 Å². The topological polar surface area (TPSA) is 29.3 Å². The van der Waals surface area contributed by atoms with Crippen LogP contribution < -0.4 is 10.6 Å². The van der Waals surface area contributed by atoms with Gasteiger partial charge in [0.25, 0.3) is 0 Å². The minimum Gasteiger partial charge on any atom is -0.370 e. The standard InChI is InChI=1S/C17H27ClN2/c1-4-15(19)8-14-5-6-17(16(18)9-14)20-10-12(2)7-13(3)11-20/h5-6,9,12-13,15H,4,7-8,10-11,19H2,1-3H3. The number of benzene rings is 1. The average Bonchev–Trinajstić information content (AvgIpc) is 2.37. The van der Waals surface area contributed by atoms with E-state index in [4.69, 9.17) is 17.3 Å². The van der Waals surface area contributed by atoms with E-state index in [1.54, 1.807) is 0 Å². The lowest BCUT2D eigenvalue weighted by Gasteiger charge is -2.37. The van der Waals surface area contributed by atoms with Crippen molar-refractivity contribution < 1.29 is 0 Å². The highest BCUT2D eigenvalue weighted by Gasteiger charge is 2.23. The predicted octanol–water partition coefficient (Wildman–Crippen LogP) is 4.10. The van der Waals surface area contributed by atoms with E-state index in [2.05, 4.69) is 43.9 Å². The van der Waals surface area contributed by atoms with E-state index in [9.17, 15) is 0 Å². The number of halogens is 1. The summed E-state index contributed by atoms with van der Waals surface area (Å²) in [6.45, 7) is 8.99. The predicted molar refractivity (Wildman–Crippen MR) is 88.6 cm³/mol. The summed E-state index contributed by atoms with van der Waals surface area (Å²) in [7, 11) is 0. The summed E-state index contributed by atoms with van der Waals surface area (Å²) in [6, 6.07) is 6.67. The molecule has 0 bridgehead atoms. The molecule has 1 aromatic carbocycles. The highest BCUT2D eigenvalue weighted by Crippen LogP contribution is 2.32. The van der Waals surface area contributed by atoms with Crippen molar-refractivity contribution in [3.05, 3.63) is 28.8 Å². The Kier molecular flexibility index (Phi) is 5.34. The van der Waals surface area contributed by atoms with Crippen molar-refractivity contribution in [1.82, 2.24) is 0 Å². The quantitative estimate of drug-likeness (QED) is 0.906. The maximum Gasteiger partial charge on any atom is 0.0642 e. The fourth-order valence-electron chi connectivity index (χ4n) is 3.24. The van der Waals surface area contributed by atoms with Gasteiger partial charge >= 0.3 is 0 Å². The van der Waals surface area contributed by atoms with E-state index >= 15 is 0 Å². The zero-order valence-corrected chi connectivity index (χ0v) is 13.7. The van der Waals surface area contributed by atoms with Crippen LogP contribution in [0.1, 0.15) is 39.2 Å². The van der Waals surface area contributed by atoms with Crippen LogP contribution in [-0.4, -0.2) is 19.1 Å². The minimum atomic E-state index is 0.229. The van der Waals surface area contributed by atoms with Gasteiger partial charge in [0, 0.05) is 19.1 Å². The number of nitrogens with two attached hydrogens (primary N) is 1. The molecule has 0 radical (unpaired) electrons. The van der Waals surface area contributed by atoms with Gasteiger partial charge in [0.05, 0.1) is 10.7 Å². The molecule has 20 heavy (non-hydrogen) atoms. The molecule has 0 saturated carbocycles. The molecular weight excluding hydrogens is 268 g/mol. The van der Waals surface area contributed by atoms with Crippen molar-refractivity contribution in [3.8, 4) is 0 Å². The highest BCUT2D eigenvalue weighted by molar-refractivity contribution is 6.33. The fourth-order valence-corrected chi connectivity index (χ4v) is 3.56. The fraction of sp³-hybridized carbons (Fsp3) is 0.647. The van der Waals surface area contributed by atoms with Gasteiger partial charge in [0.15, 0.2) is 0 Å². The average molecular weight is 295 g/mol. The second-order valence-corrected chi connectivity index (χ2v) is 6.92. The molecule has 0 aliphatic carbocycles. The maximum atomic E-state index is 6.50. The summed E-state index contributed by atoms with van der Waals surface area (Å²) in [6.07, 6.45) is 3.22. The van der Waals surface area contributed by atoms with Crippen LogP contribution in [0.5, 0.6) is 0 Å². The van der Waals surface area contributed by atoms with Crippen LogP contribution in [-0.2, 0) is 6.42 Å². The van der Waals surface area contributed by atoms with Crippen LogP contribution in [0.3, 0.4) is 0 Å². The third-order valence-electron chi connectivity index (χ3n) is 4.24. The maximum absolute atomic E-state index is 6.50.